The lowest BCUT2D eigenvalue weighted by atomic mass is 10.2. The number of hydrogen-bond acceptors (Lipinski definition) is 3. The molecule has 1 amide bonds. The summed E-state index contributed by atoms with van der Waals surface area (Å²) >= 11 is 3.29. The largest absolute Gasteiger partial charge is 0.295 e. The lowest BCUT2D eigenvalue weighted by molar-refractivity contribution is 0.0962. The van der Waals surface area contributed by atoms with Crippen LogP contribution in [-0.2, 0) is 0 Å². The maximum Gasteiger partial charge on any atom is 0.269 e. The summed E-state index contributed by atoms with van der Waals surface area (Å²) in [7, 11) is 0. The average molecular weight is 411 g/mol. The molecule has 0 aliphatic rings. The molecule has 0 atom stereocenters. The van der Waals surface area contributed by atoms with E-state index in [2.05, 4.69) is 31.9 Å². The predicted octanol–water partition coefficient (Wildman–Crippen LogP) is 3.81. The Morgan fingerprint density at radius 3 is 2.40 bits per heavy atom. The van der Waals surface area contributed by atoms with Gasteiger partial charge in [-0.15, -0.1) is 0 Å². The summed E-state index contributed by atoms with van der Waals surface area (Å²) in [5, 5.41) is 4.11. The first kappa shape index (κ1) is 17.0. The molecule has 0 saturated carbocycles. The standard InChI is InChI=1S/C16H10BrF3N4O/c17-10-7-21-24(8-10)11-3-1-9(2-4-11)16(25)23-22-13-6-5-12(18)14(19)15(13)20/h1-8,22H,(H,23,25). The molecular weight excluding hydrogens is 401 g/mol. The highest BCUT2D eigenvalue weighted by atomic mass is 79.9. The van der Waals surface area contributed by atoms with E-state index >= 15 is 0 Å². The molecule has 3 rings (SSSR count). The number of nitrogens with one attached hydrogen (secondary N) is 2. The van der Waals surface area contributed by atoms with E-state index in [1.54, 1.807) is 41.3 Å². The number of aromatic nitrogens is 2. The number of benzene rings is 2. The third kappa shape index (κ3) is 3.66. The molecule has 0 fully saturated rings. The van der Waals surface area contributed by atoms with Crippen molar-refractivity contribution in [2.24, 2.45) is 0 Å². The van der Waals surface area contributed by atoms with E-state index in [1.165, 1.54) is 0 Å². The van der Waals surface area contributed by atoms with E-state index in [4.69, 9.17) is 0 Å². The van der Waals surface area contributed by atoms with Crippen molar-refractivity contribution >= 4 is 27.5 Å². The molecule has 2 N–H and O–H groups in total. The second-order valence-electron chi connectivity index (χ2n) is 4.95. The maximum atomic E-state index is 13.5. The van der Waals surface area contributed by atoms with E-state index < -0.39 is 23.4 Å². The predicted molar refractivity (Wildman–Crippen MR) is 88.7 cm³/mol. The first-order valence-electron chi connectivity index (χ1n) is 6.96. The Kier molecular flexibility index (Phi) is 4.75. The van der Waals surface area contributed by atoms with E-state index in [1.807, 2.05) is 0 Å². The van der Waals surface area contributed by atoms with Crippen molar-refractivity contribution in [3.05, 3.63) is 76.3 Å². The normalized spacial score (nSPS) is 10.6. The first-order valence-corrected chi connectivity index (χ1v) is 7.75. The van der Waals surface area contributed by atoms with Gasteiger partial charge in [0.25, 0.3) is 5.91 Å². The maximum absolute atomic E-state index is 13.5. The highest BCUT2D eigenvalue weighted by Crippen LogP contribution is 2.19. The van der Waals surface area contributed by atoms with Gasteiger partial charge in [0.2, 0.25) is 0 Å². The molecule has 128 valence electrons. The SMILES string of the molecule is O=C(NNc1ccc(F)c(F)c1F)c1ccc(-n2cc(Br)cn2)cc1. The van der Waals surface area contributed by atoms with Crippen molar-refractivity contribution in [2.75, 3.05) is 5.43 Å². The van der Waals surface area contributed by atoms with Gasteiger partial charge in [-0.25, -0.2) is 17.9 Å². The Morgan fingerprint density at radius 1 is 1.04 bits per heavy atom. The fourth-order valence-electron chi connectivity index (χ4n) is 2.03. The van der Waals surface area contributed by atoms with Crippen molar-refractivity contribution in [2.45, 2.75) is 0 Å². The summed E-state index contributed by atoms with van der Waals surface area (Å²) < 4.78 is 41.9. The van der Waals surface area contributed by atoms with Crippen molar-refractivity contribution in [3.63, 3.8) is 0 Å². The summed E-state index contributed by atoms with van der Waals surface area (Å²) in [5.74, 6) is -4.92. The topological polar surface area (TPSA) is 59.0 Å². The zero-order valence-electron chi connectivity index (χ0n) is 12.4. The molecule has 1 heterocycles. The molecule has 0 unspecified atom stereocenters. The number of hydrogen-bond donors (Lipinski definition) is 2. The van der Waals surface area contributed by atoms with Gasteiger partial charge in [0.1, 0.15) is 0 Å². The molecule has 0 spiro atoms. The summed E-state index contributed by atoms with van der Waals surface area (Å²) in [6, 6.07) is 8.17. The quantitative estimate of drug-likeness (QED) is 0.507. The highest BCUT2D eigenvalue weighted by molar-refractivity contribution is 9.10. The Bertz CT molecular complexity index is 928. The van der Waals surface area contributed by atoms with Gasteiger partial charge < -0.3 is 0 Å². The molecule has 0 aliphatic carbocycles. The molecule has 0 bridgehead atoms. The van der Waals surface area contributed by atoms with Crippen LogP contribution in [0.25, 0.3) is 5.69 Å². The van der Waals surface area contributed by atoms with Crippen LogP contribution in [0.15, 0.2) is 53.3 Å². The Morgan fingerprint density at radius 2 is 1.76 bits per heavy atom. The molecule has 0 aliphatic heterocycles. The summed E-state index contributed by atoms with van der Waals surface area (Å²) in [5.41, 5.74) is 5.08. The lowest BCUT2D eigenvalue weighted by Crippen LogP contribution is -2.30. The van der Waals surface area contributed by atoms with Crippen molar-refractivity contribution in [1.82, 2.24) is 15.2 Å². The van der Waals surface area contributed by atoms with Crippen LogP contribution in [0, 0.1) is 17.5 Å². The minimum atomic E-state index is -1.62. The summed E-state index contributed by atoms with van der Waals surface area (Å²) in [6.45, 7) is 0. The third-order valence-electron chi connectivity index (χ3n) is 3.29. The van der Waals surface area contributed by atoms with Gasteiger partial charge in [0.15, 0.2) is 17.5 Å². The van der Waals surface area contributed by atoms with Crippen LogP contribution in [0.1, 0.15) is 10.4 Å². The fourth-order valence-corrected chi connectivity index (χ4v) is 2.31. The molecule has 2 aromatic carbocycles. The molecule has 3 aromatic rings. The molecule has 1 aromatic heterocycles. The monoisotopic (exact) mass is 410 g/mol. The number of carbonyl (C=O) groups is 1. The molecule has 0 radical (unpaired) electrons. The minimum absolute atomic E-state index is 0.283. The Hall–Kier alpha value is -2.81. The second-order valence-corrected chi connectivity index (χ2v) is 5.87. The number of hydrazine groups is 1. The fraction of sp³-hybridized carbons (Fsp3) is 0. The van der Waals surface area contributed by atoms with Gasteiger partial charge in [-0.2, -0.15) is 5.10 Å². The van der Waals surface area contributed by atoms with E-state index in [0.29, 0.717) is 0 Å². The van der Waals surface area contributed by atoms with E-state index in [-0.39, 0.29) is 11.3 Å². The van der Waals surface area contributed by atoms with Crippen molar-refractivity contribution < 1.29 is 18.0 Å². The van der Waals surface area contributed by atoms with Gasteiger partial charge in [-0.3, -0.25) is 15.6 Å². The van der Waals surface area contributed by atoms with Gasteiger partial charge in [0.05, 0.1) is 22.0 Å². The van der Waals surface area contributed by atoms with Gasteiger partial charge in [-0.1, -0.05) is 0 Å². The van der Waals surface area contributed by atoms with Crippen LogP contribution in [0.5, 0.6) is 0 Å². The van der Waals surface area contributed by atoms with Gasteiger partial charge in [-0.05, 0) is 52.3 Å². The highest BCUT2D eigenvalue weighted by Gasteiger charge is 2.14. The first-order chi connectivity index (χ1) is 12.0. The van der Waals surface area contributed by atoms with Gasteiger partial charge >= 0.3 is 0 Å². The van der Waals surface area contributed by atoms with Crippen molar-refractivity contribution in [3.8, 4) is 5.69 Å². The van der Waals surface area contributed by atoms with E-state index in [9.17, 15) is 18.0 Å². The molecule has 25 heavy (non-hydrogen) atoms. The second kappa shape index (κ2) is 6.98. The van der Waals surface area contributed by atoms with E-state index in [0.717, 1.165) is 22.3 Å². The van der Waals surface area contributed by atoms with Gasteiger partial charge in [0, 0.05) is 11.8 Å². The number of rotatable bonds is 4. The molecular formula is C16H10BrF3N4O. The summed E-state index contributed by atoms with van der Waals surface area (Å²) in [6.07, 6.45) is 3.38. The molecule has 0 saturated heterocycles. The number of amides is 1. The minimum Gasteiger partial charge on any atom is -0.295 e. The summed E-state index contributed by atoms with van der Waals surface area (Å²) in [4.78, 5) is 12.0. The molecule has 5 nitrogen and oxygen atoms in total. The third-order valence-corrected chi connectivity index (χ3v) is 3.70. The number of carbonyl (C=O) groups excluding carboxylic acids is 1. The van der Waals surface area contributed by atoms with Crippen molar-refractivity contribution in [1.29, 1.82) is 0 Å². The van der Waals surface area contributed by atoms with Crippen LogP contribution in [0.2, 0.25) is 0 Å². The van der Waals surface area contributed by atoms with Crippen LogP contribution < -0.4 is 10.9 Å². The number of halogens is 4. The van der Waals surface area contributed by atoms with Crippen LogP contribution >= 0.6 is 15.9 Å². The smallest absolute Gasteiger partial charge is 0.269 e. The Balaban J connectivity index is 1.68. The van der Waals surface area contributed by atoms with Crippen LogP contribution in [-0.4, -0.2) is 15.7 Å². The lowest BCUT2D eigenvalue weighted by Gasteiger charge is -2.10. The molecule has 9 heteroatoms. The number of nitrogens with zero attached hydrogens (tertiary/aromatic N) is 2. The van der Waals surface area contributed by atoms with Crippen LogP contribution in [0.3, 0.4) is 0 Å². The van der Waals surface area contributed by atoms with Crippen LogP contribution in [0.4, 0.5) is 18.9 Å². The zero-order chi connectivity index (χ0) is 18.0. The zero-order valence-corrected chi connectivity index (χ0v) is 14.0. The average Bonchev–Trinajstić information content (AvgIpc) is 3.05. The Labute approximate surface area is 148 Å². The number of anilines is 1.